The minimum atomic E-state index is -0.492. The predicted molar refractivity (Wildman–Crippen MR) is 149 cm³/mol. The molecule has 0 bridgehead atoms. The molecule has 0 atom stereocenters. The second-order valence-corrected chi connectivity index (χ2v) is 9.35. The molecule has 0 spiro atoms. The molecule has 204 valence electrons. The number of aromatic nitrogens is 3. The van der Waals surface area contributed by atoms with E-state index in [2.05, 4.69) is 5.32 Å². The quantitative estimate of drug-likeness (QED) is 0.292. The fraction of sp³-hybridized carbons (Fsp3) is 0.200. The van der Waals surface area contributed by atoms with Gasteiger partial charge in [-0.15, -0.1) is 0 Å². The minimum absolute atomic E-state index is 0.0356. The largest absolute Gasteiger partial charge is 0.493 e. The average Bonchev–Trinajstić information content (AvgIpc) is 2.96. The Morgan fingerprint density at radius 3 is 2.45 bits per heavy atom. The topological polar surface area (TPSA) is 111 Å². The van der Waals surface area contributed by atoms with E-state index in [4.69, 9.17) is 19.9 Å². The van der Waals surface area contributed by atoms with Crippen molar-refractivity contribution in [2.24, 2.45) is 0 Å². The van der Waals surface area contributed by atoms with Crippen molar-refractivity contribution in [3.63, 3.8) is 0 Å². The maximum absolute atomic E-state index is 13.6. The zero-order valence-corrected chi connectivity index (χ0v) is 22.3. The van der Waals surface area contributed by atoms with Gasteiger partial charge in [0.1, 0.15) is 22.6 Å². The van der Waals surface area contributed by atoms with E-state index in [9.17, 15) is 14.0 Å². The van der Waals surface area contributed by atoms with Gasteiger partial charge in [-0.1, -0.05) is 24.3 Å². The van der Waals surface area contributed by atoms with Crippen molar-refractivity contribution in [2.45, 2.75) is 19.9 Å². The average molecular weight is 542 g/mol. The van der Waals surface area contributed by atoms with Crippen LogP contribution in [-0.4, -0.2) is 40.6 Å². The van der Waals surface area contributed by atoms with Crippen LogP contribution >= 0.6 is 0 Å². The van der Waals surface area contributed by atoms with Crippen LogP contribution in [0.3, 0.4) is 0 Å². The van der Waals surface area contributed by atoms with E-state index in [0.29, 0.717) is 29.1 Å². The fourth-order valence-corrected chi connectivity index (χ4v) is 4.65. The van der Waals surface area contributed by atoms with Crippen LogP contribution in [0.5, 0.6) is 11.5 Å². The first-order chi connectivity index (χ1) is 19.3. The van der Waals surface area contributed by atoms with E-state index in [0.717, 1.165) is 11.1 Å². The van der Waals surface area contributed by atoms with Gasteiger partial charge in [-0.3, -0.25) is 19.4 Å². The van der Waals surface area contributed by atoms with Crippen LogP contribution in [0.15, 0.2) is 71.7 Å². The Morgan fingerprint density at radius 1 is 1.00 bits per heavy atom. The monoisotopic (exact) mass is 541 g/mol. The molecule has 2 aromatic carbocycles. The lowest BCUT2D eigenvalue weighted by atomic mass is 10.1. The number of nitrogens with zero attached hydrogens (tertiary/aromatic N) is 3. The van der Waals surface area contributed by atoms with Gasteiger partial charge in [0.2, 0.25) is 0 Å². The van der Waals surface area contributed by atoms with Crippen LogP contribution in [-0.2, 0) is 13.0 Å². The maximum atomic E-state index is 13.6. The molecule has 0 fully saturated rings. The molecule has 0 unspecified atom stereocenters. The summed E-state index contributed by atoms with van der Waals surface area (Å²) in [4.78, 5) is 31.6. The lowest BCUT2D eigenvalue weighted by Crippen LogP contribution is -2.36. The molecule has 1 amide bonds. The summed E-state index contributed by atoms with van der Waals surface area (Å²) in [6.07, 6.45) is 2.13. The molecule has 5 rings (SSSR count). The Labute approximate surface area is 229 Å². The summed E-state index contributed by atoms with van der Waals surface area (Å²) in [5.74, 6) is 0.324. The van der Waals surface area contributed by atoms with Gasteiger partial charge in [-0.25, -0.2) is 9.37 Å². The molecule has 0 radical (unpaired) electrons. The zero-order valence-electron chi connectivity index (χ0n) is 22.3. The second kappa shape index (κ2) is 11.0. The van der Waals surface area contributed by atoms with Gasteiger partial charge in [-0.05, 0) is 66.4 Å². The summed E-state index contributed by atoms with van der Waals surface area (Å²) in [6, 6.07) is 16.4. The molecular formula is C30H28FN5O4. The summed E-state index contributed by atoms with van der Waals surface area (Å²) in [6.45, 7) is 2.26. The van der Waals surface area contributed by atoms with Crippen molar-refractivity contribution in [3.8, 4) is 11.5 Å². The number of pyridine rings is 2. The Kier molecular flexibility index (Phi) is 7.33. The van der Waals surface area contributed by atoms with Gasteiger partial charge in [0, 0.05) is 12.7 Å². The molecule has 0 saturated heterocycles. The number of hydrogen-bond acceptors (Lipinski definition) is 6. The highest BCUT2D eigenvalue weighted by Gasteiger charge is 2.18. The first-order valence-corrected chi connectivity index (χ1v) is 12.6. The highest BCUT2D eigenvalue weighted by atomic mass is 19.1. The highest BCUT2D eigenvalue weighted by molar-refractivity contribution is 5.96. The van der Waals surface area contributed by atoms with E-state index < -0.39 is 5.91 Å². The van der Waals surface area contributed by atoms with Gasteiger partial charge in [0.15, 0.2) is 11.5 Å². The summed E-state index contributed by atoms with van der Waals surface area (Å²) in [7, 11) is 3.12. The van der Waals surface area contributed by atoms with Crippen molar-refractivity contribution >= 4 is 22.6 Å². The van der Waals surface area contributed by atoms with Crippen LogP contribution in [0.4, 0.5) is 4.39 Å². The van der Waals surface area contributed by atoms with Crippen molar-refractivity contribution in [2.75, 3.05) is 20.8 Å². The van der Waals surface area contributed by atoms with E-state index in [1.165, 1.54) is 27.2 Å². The van der Waals surface area contributed by atoms with E-state index in [-0.39, 0.29) is 46.6 Å². The number of carbonyl (C=O) groups excluding carboxylic acids is 1. The summed E-state index contributed by atoms with van der Waals surface area (Å²) in [5, 5.41) is 12.0. The molecule has 40 heavy (non-hydrogen) atoms. The minimum Gasteiger partial charge on any atom is -0.493 e. The molecule has 0 aliphatic heterocycles. The molecule has 0 aliphatic rings. The Balaban J connectivity index is 1.54. The highest BCUT2D eigenvalue weighted by Crippen LogP contribution is 2.27. The number of aryl methyl sites for hydroxylation is 1. The van der Waals surface area contributed by atoms with Gasteiger partial charge < -0.3 is 19.4 Å². The van der Waals surface area contributed by atoms with Crippen molar-refractivity contribution in [1.29, 1.82) is 5.41 Å². The summed E-state index contributed by atoms with van der Waals surface area (Å²) in [5.41, 5.74) is 2.72. The standard InChI is InChI=1S/C30H28FN5O4/c1-18-5-4-14-35-27(18)34-28-23(30(35)38)16-22(26(32)36(28)17-20-6-9-21(31)10-7-20)29(37)33-13-12-19-8-11-24(39-2)25(15-19)40-3/h4-11,14-16,32H,12-13,17H2,1-3H3,(H,33,37). The smallest absolute Gasteiger partial charge is 0.267 e. The zero-order chi connectivity index (χ0) is 28.4. The number of hydrogen-bond donors (Lipinski definition) is 2. The molecule has 3 aromatic heterocycles. The van der Waals surface area contributed by atoms with Gasteiger partial charge >= 0.3 is 0 Å². The number of ether oxygens (including phenoxy) is 2. The normalized spacial score (nSPS) is 11.1. The van der Waals surface area contributed by atoms with Gasteiger partial charge in [-0.2, -0.15) is 0 Å². The molecule has 0 saturated carbocycles. The van der Waals surface area contributed by atoms with Crippen LogP contribution < -0.4 is 25.8 Å². The second-order valence-electron chi connectivity index (χ2n) is 9.35. The first-order valence-electron chi connectivity index (χ1n) is 12.6. The number of nitrogens with one attached hydrogen (secondary N) is 2. The Morgan fingerprint density at radius 2 is 1.73 bits per heavy atom. The van der Waals surface area contributed by atoms with Crippen molar-refractivity contribution in [3.05, 3.63) is 111 Å². The molecular weight excluding hydrogens is 513 g/mol. The number of rotatable bonds is 8. The first kappa shape index (κ1) is 26.6. The number of amides is 1. The summed E-state index contributed by atoms with van der Waals surface area (Å²) < 4.78 is 27.1. The maximum Gasteiger partial charge on any atom is 0.267 e. The molecule has 2 N–H and O–H groups in total. The molecule has 3 heterocycles. The van der Waals surface area contributed by atoms with Crippen LogP contribution in [0.2, 0.25) is 0 Å². The molecule has 9 nitrogen and oxygen atoms in total. The molecule has 0 aliphatic carbocycles. The number of halogens is 1. The number of carbonyl (C=O) groups is 1. The molecule has 10 heteroatoms. The number of methoxy groups -OCH3 is 2. The van der Waals surface area contributed by atoms with Crippen molar-refractivity contribution in [1.82, 2.24) is 19.3 Å². The van der Waals surface area contributed by atoms with E-state index >= 15 is 0 Å². The lowest BCUT2D eigenvalue weighted by Gasteiger charge is -2.15. The van der Waals surface area contributed by atoms with E-state index in [1.54, 1.807) is 44.7 Å². The van der Waals surface area contributed by atoms with E-state index in [1.807, 2.05) is 25.1 Å². The lowest BCUT2D eigenvalue weighted by molar-refractivity contribution is 0.0951. The van der Waals surface area contributed by atoms with Crippen LogP contribution in [0, 0.1) is 18.2 Å². The predicted octanol–water partition coefficient (Wildman–Crippen LogP) is 3.61. The van der Waals surface area contributed by atoms with Gasteiger partial charge in [0.05, 0.1) is 31.7 Å². The third kappa shape index (κ3) is 5.03. The van der Waals surface area contributed by atoms with Crippen LogP contribution in [0.25, 0.3) is 16.7 Å². The van der Waals surface area contributed by atoms with Gasteiger partial charge in [0.25, 0.3) is 11.5 Å². The Bertz CT molecular complexity index is 1860. The van der Waals surface area contributed by atoms with Crippen molar-refractivity contribution < 1.29 is 18.7 Å². The molecule has 5 aromatic rings. The van der Waals surface area contributed by atoms with Crippen LogP contribution in [0.1, 0.15) is 27.0 Å². The number of benzene rings is 2. The summed E-state index contributed by atoms with van der Waals surface area (Å²) >= 11 is 0. The Hall–Kier alpha value is -4.99. The SMILES string of the molecule is COc1ccc(CCNC(=O)c2cc3c(=O)n4cccc(C)c4nc3n(Cc3ccc(F)cc3)c2=N)cc1OC. The third-order valence-corrected chi connectivity index (χ3v) is 6.78. The fourth-order valence-electron chi connectivity index (χ4n) is 4.65. The third-order valence-electron chi connectivity index (χ3n) is 6.78. The number of fused-ring (bicyclic) bond motifs is 2.